The van der Waals surface area contributed by atoms with Gasteiger partial charge in [0.05, 0.1) is 39.9 Å². The van der Waals surface area contributed by atoms with Crippen molar-refractivity contribution in [1.82, 2.24) is 0 Å². The minimum absolute atomic E-state index is 0.158. The molecule has 0 spiro atoms. The van der Waals surface area contributed by atoms with Crippen molar-refractivity contribution in [2.75, 3.05) is 28.4 Å². The molecule has 1 heterocycles. The summed E-state index contributed by atoms with van der Waals surface area (Å²) in [5.41, 5.74) is -2.92. The molecule has 5 atom stereocenters. The zero-order chi connectivity index (χ0) is 26.5. The molecule has 0 aromatic heterocycles. The van der Waals surface area contributed by atoms with E-state index in [1.807, 2.05) is 6.07 Å². The van der Waals surface area contributed by atoms with Gasteiger partial charge in [-0.1, -0.05) is 36.4 Å². The monoisotopic (exact) mass is 508 g/mol. The summed E-state index contributed by atoms with van der Waals surface area (Å²) in [4.78, 5) is 13.2. The molecule has 3 N–H and O–H groups in total. The molecule has 0 saturated heterocycles. The normalized spacial score (nSPS) is 27.6. The SMILES string of the molecule is COC(=O)[C@H]1[C@@H](O)[C@@]2(O)c3c(OC)cc(OC)cc3O[C@@]2(c2ccc(OC)c(O)c2)[C@@H]1c1ccccc1. The number of phenols is 1. The van der Waals surface area contributed by atoms with Crippen molar-refractivity contribution >= 4 is 5.97 Å². The summed E-state index contributed by atoms with van der Waals surface area (Å²) >= 11 is 0. The maximum absolute atomic E-state index is 13.2. The number of ether oxygens (including phenoxy) is 5. The minimum Gasteiger partial charge on any atom is -0.504 e. The number of fused-ring (bicyclic) bond motifs is 3. The molecule has 1 fully saturated rings. The van der Waals surface area contributed by atoms with Gasteiger partial charge in [-0.2, -0.15) is 0 Å². The Hall–Kier alpha value is -3.95. The van der Waals surface area contributed by atoms with Gasteiger partial charge in [0.2, 0.25) is 0 Å². The van der Waals surface area contributed by atoms with Crippen LogP contribution in [0.5, 0.6) is 28.7 Å². The molecular weight excluding hydrogens is 480 g/mol. The summed E-state index contributed by atoms with van der Waals surface area (Å²) < 4.78 is 28.0. The van der Waals surface area contributed by atoms with Crippen LogP contribution in [0.25, 0.3) is 0 Å². The molecule has 1 saturated carbocycles. The second kappa shape index (κ2) is 8.86. The quantitative estimate of drug-likeness (QED) is 0.431. The lowest BCUT2D eigenvalue weighted by atomic mass is 9.70. The highest BCUT2D eigenvalue weighted by atomic mass is 16.6. The van der Waals surface area contributed by atoms with Gasteiger partial charge in [-0.15, -0.1) is 0 Å². The van der Waals surface area contributed by atoms with Gasteiger partial charge in [-0.25, -0.2) is 0 Å². The molecule has 1 aliphatic heterocycles. The largest absolute Gasteiger partial charge is 0.504 e. The second-order valence-corrected chi connectivity index (χ2v) is 9.08. The number of phenolic OH excluding ortho intramolecular Hbond substituents is 1. The summed E-state index contributed by atoms with van der Waals surface area (Å²) in [6.45, 7) is 0. The number of carbonyl (C=O) groups is 1. The average molecular weight is 509 g/mol. The van der Waals surface area contributed by atoms with Crippen LogP contribution in [0.3, 0.4) is 0 Å². The highest BCUT2D eigenvalue weighted by molar-refractivity contribution is 5.78. The smallest absolute Gasteiger partial charge is 0.312 e. The van der Waals surface area contributed by atoms with E-state index in [0.29, 0.717) is 16.9 Å². The Kier molecular flexibility index (Phi) is 5.92. The van der Waals surface area contributed by atoms with E-state index in [1.54, 1.807) is 42.5 Å². The van der Waals surface area contributed by atoms with Crippen LogP contribution < -0.4 is 18.9 Å². The topological polar surface area (TPSA) is 124 Å². The fourth-order valence-electron chi connectivity index (χ4n) is 5.98. The summed E-state index contributed by atoms with van der Waals surface area (Å²) in [7, 11) is 5.55. The Morgan fingerprint density at radius 1 is 0.919 bits per heavy atom. The first-order valence-corrected chi connectivity index (χ1v) is 11.6. The molecule has 0 unspecified atom stereocenters. The highest BCUT2D eigenvalue weighted by Crippen LogP contribution is 2.70. The summed E-state index contributed by atoms with van der Waals surface area (Å²) in [6, 6.07) is 16.7. The van der Waals surface area contributed by atoms with E-state index in [2.05, 4.69) is 0 Å². The van der Waals surface area contributed by atoms with Gasteiger partial charge in [0.25, 0.3) is 0 Å². The number of hydrogen-bond donors (Lipinski definition) is 3. The maximum Gasteiger partial charge on any atom is 0.312 e. The highest BCUT2D eigenvalue weighted by Gasteiger charge is 2.78. The van der Waals surface area contributed by atoms with E-state index >= 15 is 0 Å². The van der Waals surface area contributed by atoms with E-state index in [-0.39, 0.29) is 28.6 Å². The van der Waals surface area contributed by atoms with E-state index in [4.69, 9.17) is 23.7 Å². The van der Waals surface area contributed by atoms with Crippen molar-refractivity contribution in [2.24, 2.45) is 5.92 Å². The van der Waals surface area contributed by atoms with Crippen molar-refractivity contribution in [3.05, 3.63) is 77.4 Å². The van der Waals surface area contributed by atoms with E-state index in [1.165, 1.54) is 40.6 Å². The Labute approximate surface area is 213 Å². The summed E-state index contributed by atoms with van der Waals surface area (Å²) in [5, 5.41) is 35.3. The van der Waals surface area contributed by atoms with Crippen LogP contribution in [0.1, 0.15) is 22.6 Å². The number of aliphatic hydroxyl groups is 2. The molecule has 0 radical (unpaired) electrons. The lowest BCUT2D eigenvalue weighted by molar-refractivity contribution is -0.161. The van der Waals surface area contributed by atoms with E-state index in [0.717, 1.165) is 0 Å². The third kappa shape index (κ3) is 3.20. The molecule has 0 amide bonds. The fourth-order valence-corrected chi connectivity index (χ4v) is 5.98. The molecule has 1 aliphatic carbocycles. The van der Waals surface area contributed by atoms with Gasteiger partial charge in [-0.3, -0.25) is 4.79 Å². The van der Waals surface area contributed by atoms with Crippen molar-refractivity contribution < 1.29 is 43.8 Å². The van der Waals surface area contributed by atoms with Crippen molar-refractivity contribution in [3.8, 4) is 28.7 Å². The molecule has 5 rings (SSSR count). The molecular formula is C28H28O9. The zero-order valence-electron chi connectivity index (χ0n) is 20.8. The first-order valence-electron chi connectivity index (χ1n) is 11.6. The van der Waals surface area contributed by atoms with Gasteiger partial charge in [0.1, 0.15) is 23.4 Å². The van der Waals surface area contributed by atoms with Crippen LogP contribution in [-0.2, 0) is 20.7 Å². The van der Waals surface area contributed by atoms with Crippen LogP contribution >= 0.6 is 0 Å². The van der Waals surface area contributed by atoms with E-state index in [9.17, 15) is 20.1 Å². The Morgan fingerprint density at radius 3 is 2.22 bits per heavy atom. The number of benzene rings is 3. The number of carbonyl (C=O) groups excluding carboxylic acids is 1. The first-order chi connectivity index (χ1) is 17.8. The van der Waals surface area contributed by atoms with Gasteiger partial charge in [-0.05, 0) is 17.7 Å². The molecule has 3 aromatic rings. The predicted molar refractivity (Wildman–Crippen MR) is 131 cm³/mol. The predicted octanol–water partition coefficient (Wildman–Crippen LogP) is 2.84. The average Bonchev–Trinajstić information content (AvgIpc) is 3.30. The lowest BCUT2D eigenvalue weighted by Crippen LogP contribution is -2.52. The third-order valence-electron chi connectivity index (χ3n) is 7.52. The third-order valence-corrected chi connectivity index (χ3v) is 7.52. The second-order valence-electron chi connectivity index (χ2n) is 9.08. The lowest BCUT2D eigenvalue weighted by Gasteiger charge is -2.40. The van der Waals surface area contributed by atoms with Gasteiger partial charge in [0, 0.05) is 23.6 Å². The van der Waals surface area contributed by atoms with Crippen LogP contribution in [0, 0.1) is 5.92 Å². The molecule has 3 aromatic carbocycles. The first kappa shape index (κ1) is 24.7. The van der Waals surface area contributed by atoms with Gasteiger partial charge < -0.3 is 39.0 Å². The molecule has 194 valence electrons. The molecule has 9 nitrogen and oxygen atoms in total. The van der Waals surface area contributed by atoms with E-state index < -0.39 is 35.1 Å². The Balaban J connectivity index is 1.90. The molecule has 9 heteroatoms. The number of esters is 1. The van der Waals surface area contributed by atoms with Crippen LogP contribution in [-0.4, -0.2) is 55.8 Å². The maximum atomic E-state index is 13.2. The number of aromatic hydroxyl groups is 1. The van der Waals surface area contributed by atoms with Crippen molar-refractivity contribution in [2.45, 2.75) is 23.2 Å². The van der Waals surface area contributed by atoms with Crippen LogP contribution in [0.15, 0.2) is 60.7 Å². The summed E-state index contributed by atoms with van der Waals surface area (Å²) in [6.07, 6.45) is -1.68. The van der Waals surface area contributed by atoms with Crippen LogP contribution in [0.4, 0.5) is 0 Å². The van der Waals surface area contributed by atoms with Crippen molar-refractivity contribution in [1.29, 1.82) is 0 Å². The number of hydrogen-bond acceptors (Lipinski definition) is 9. The number of aliphatic hydroxyl groups excluding tert-OH is 1. The van der Waals surface area contributed by atoms with Crippen LogP contribution in [0.2, 0.25) is 0 Å². The van der Waals surface area contributed by atoms with Gasteiger partial charge >= 0.3 is 5.97 Å². The Morgan fingerprint density at radius 2 is 1.62 bits per heavy atom. The zero-order valence-corrected chi connectivity index (χ0v) is 20.8. The standard InChI is InChI=1S/C28H28O9/c1-33-17-13-20(35-3)24-21(14-17)37-28(16-10-11-19(34-2)18(29)12-16)23(15-8-6-5-7-9-15)22(26(31)36-4)25(30)27(24,28)32/h5-14,22-23,25,29-30,32H,1-4H3/t22-,23-,25-,27+,28+/m1/s1. The van der Waals surface area contributed by atoms with Crippen molar-refractivity contribution in [3.63, 3.8) is 0 Å². The molecule has 2 aliphatic rings. The minimum atomic E-state index is -2.21. The molecule has 37 heavy (non-hydrogen) atoms. The molecule has 0 bridgehead atoms. The fraction of sp³-hybridized carbons (Fsp3) is 0.321. The summed E-state index contributed by atoms with van der Waals surface area (Å²) in [5.74, 6) is -2.09. The number of rotatable bonds is 6. The number of methoxy groups -OCH3 is 4. The Bertz CT molecular complexity index is 1340. The van der Waals surface area contributed by atoms with Gasteiger partial charge in [0.15, 0.2) is 22.7 Å².